The Morgan fingerprint density at radius 1 is 1.18 bits per heavy atom. The molecule has 1 aromatic rings. The maximum atomic E-state index is 12.1. The summed E-state index contributed by atoms with van der Waals surface area (Å²) in [5.74, 6) is -1.15. The first-order valence-corrected chi connectivity index (χ1v) is 9.19. The van der Waals surface area contributed by atoms with E-state index in [0.717, 1.165) is 5.56 Å². The molecule has 28 heavy (non-hydrogen) atoms. The van der Waals surface area contributed by atoms with Gasteiger partial charge in [0.15, 0.2) is 12.1 Å². The van der Waals surface area contributed by atoms with E-state index in [9.17, 15) is 19.5 Å². The maximum Gasteiger partial charge on any atom is 0.407 e. The van der Waals surface area contributed by atoms with E-state index in [2.05, 4.69) is 21.1 Å². The predicted molar refractivity (Wildman–Crippen MR) is 101 cm³/mol. The van der Waals surface area contributed by atoms with Crippen LogP contribution in [-0.2, 0) is 25.7 Å². The highest BCUT2D eigenvalue weighted by Crippen LogP contribution is 2.02. The van der Waals surface area contributed by atoms with E-state index in [-0.39, 0.29) is 6.61 Å². The summed E-state index contributed by atoms with van der Waals surface area (Å²) < 4.78 is 9.65. The van der Waals surface area contributed by atoms with Gasteiger partial charge in [0.2, 0.25) is 0 Å². The molecule has 0 radical (unpaired) electrons. The molecule has 0 saturated heterocycles. The minimum absolute atomic E-state index is 0.207. The fourth-order valence-corrected chi connectivity index (χ4v) is 2.39. The lowest BCUT2D eigenvalue weighted by Gasteiger charge is -2.20. The van der Waals surface area contributed by atoms with Crippen molar-refractivity contribution in [2.24, 2.45) is 0 Å². The monoisotopic (exact) mass is 396 g/mol. The molecule has 0 aromatic heterocycles. The molecule has 1 aromatic carbocycles. The molecule has 0 saturated carbocycles. The Kier molecular flexibility index (Phi) is 10.6. The van der Waals surface area contributed by atoms with E-state index in [1.807, 2.05) is 30.3 Å². The SMILES string of the molecule is COC(=O)[C@H](NC(=O)[C@H]([NH3+])CCCCNC(=O)OCc1ccccc1)[C@@H](C)O. The molecule has 3 atom stereocenters. The summed E-state index contributed by atoms with van der Waals surface area (Å²) in [4.78, 5) is 35.3. The average Bonchev–Trinajstić information content (AvgIpc) is 2.69. The number of hydrogen-bond acceptors (Lipinski definition) is 6. The van der Waals surface area contributed by atoms with Crippen molar-refractivity contribution in [2.45, 2.75) is 51.0 Å². The molecule has 9 heteroatoms. The first-order valence-electron chi connectivity index (χ1n) is 9.19. The number of carbonyl (C=O) groups is 3. The van der Waals surface area contributed by atoms with Crippen LogP contribution < -0.4 is 16.4 Å². The number of quaternary nitrogens is 1. The predicted octanol–water partition coefficient (Wildman–Crippen LogP) is -0.268. The van der Waals surface area contributed by atoms with Gasteiger partial charge in [0.05, 0.1) is 13.2 Å². The highest BCUT2D eigenvalue weighted by molar-refractivity contribution is 5.86. The van der Waals surface area contributed by atoms with Crippen LogP contribution in [0, 0.1) is 0 Å². The summed E-state index contributed by atoms with van der Waals surface area (Å²) in [7, 11) is 1.18. The van der Waals surface area contributed by atoms with Crippen molar-refractivity contribution in [3.63, 3.8) is 0 Å². The molecule has 1 rings (SSSR count). The number of ether oxygens (including phenoxy) is 2. The quantitative estimate of drug-likeness (QED) is 0.300. The molecule has 0 aliphatic rings. The van der Waals surface area contributed by atoms with E-state index in [1.54, 1.807) is 0 Å². The van der Waals surface area contributed by atoms with Gasteiger partial charge in [-0.2, -0.15) is 0 Å². The molecule has 0 fully saturated rings. The van der Waals surface area contributed by atoms with Crippen molar-refractivity contribution in [3.05, 3.63) is 35.9 Å². The second-order valence-corrected chi connectivity index (χ2v) is 6.43. The van der Waals surface area contributed by atoms with Crippen molar-refractivity contribution in [1.29, 1.82) is 0 Å². The average molecular weight is 396 g/mol. The number of hydrogen-bond donors (Lipinski definition) is 4. The van der Waals surface area contributed by atoms with Gasteiger partial charge in [-0.25, -0.2) is 9.59 Å². The first-order chi connectivity index (χ1) is 13.3. The van der Waals surface area contributed by atoms with Gasteiger partial charge in [0, 0.05) is 13.0 Å². The standard InChI is InChI=1S/C19H29N3O6/c1-13(23)16(18(25)27-2)22-17(24)15(20)10-6-7-11-21-19(26)28-12-14-8-4-3-5-9-14/h3-5,8-9,13,15-16,23H,6-7,10-12,20H2,1-2H3,(H,21,26)(H,22,24)/p+1/t13-,15-,16-/m1/s1. The molecule has 0 heterocycles. The lowest BCUT2D eigenvalue weighted by molar-refractivity contribution is -0.405. The van der Waals surface area contributed by atoms with Crippen molar-refractivity contribution >= 4 is 18.0 Å². The summed E-state index contributed by atoms with van der Waals surface area (Å²) in [5, 5.41) is 14.7. The fourth-order valence-electron chi connectivity index (χ4n) is 2.39. The highest BCUT2D eigenvalue weighted by Gasteiger charge is 2.29. The molecule has 0 aliphatic heterocycles. The number of methoxy groups -OCH3 is 1. The van der Waals surface area contributed by atoms with Crippen LogP contribution in [0.15, 0.2) is 30.3 Å². The van der Waals surface area contributed by atoms with E-state index in [4.69, 9.17) is 4.74 Å². The van der Waals surface area contributed by atoms with Crippen LogP contribution in [0.2, 0.25) is 0 Å². The minimum atomic E-state index is -1.12. The number of aliphatic hydroxyl groups is 1. The number of unbranched alkanes of at least 4 members (excludes halogenated alkanes) is 1. The second-order valence-electron chi connectivity index (χ2n) is 6.43. The van der Waals surface area contributed by atoms with E-state index in [1.165, 1.54) is 14.0 Å². The summed E-state index contributed by atoms with van der Waals surface area (Å²) in [6, 6.07) is 7.66. The van der Waals surface area contributed by atoms with Gasteiger partial charge >= 0.3 is 12.1 Å². The third-order valence-corrected chi connectivity index (χ3v) is 4.07. The van der Waals surface area contributed by atoms with Gasteiger partial charge in [-0.15, -0.1) is 0 Å². The summed E-state index contributed by atoms with van der Waals surface area (Å²) in [6.45, 7) is 2.02. The fraction of sp³-hybridized carbons (Fsp3) is 0.526. The van der Waals surface area contributed by atoms with Crippen LogP contribution in [0.25, 0.3) is 0 Å². The van der Waals surface area contributed by atoms with Crippen molar-refractivity contribution in [3.8, 4) is 0 Å². The van der Waals surface area contributed by atoms with E-state index in [0.29, 0.717) is 25.8 Å². The highest BCUT2D eigenvalue weighted by atomic mass is 16.5. The zero-order valence-electron chi connectivity index (χ0n) is 16.3. The van der Waals surface area contributed by atoms with Gasteiger partial charge in [-0.1, -0.05) is 30.3 Å². The van der Waals surface area contributed by atoms with Crippen LogP contribution in [0.3, 0.4) is 0 Å². The van der Waals surface area contributed by atoms with Crippen molar-refractivity contribution in [1.82, 2.24) is 10.6 Å². The number of aliphatic hydroxyl groups excluding tert-OH is 1. The smallest absolute Gasteiger partial charge is 0.407 e. The van der Waals surface area contributed by atoms with Gasteiger partial charge in [-0.05, 0) is 25.3 Å². The Morgan fingerprint density at radius 2 is 1.86 bits per heavy atom. The van der Waals surface area contributed by atoms with Crippen LogP contribution >= 0.6 is 0 Å². The molecule has 156 valence electrons. The van der Waals surface area contributed by atoms with E-state index >= 15 is 0 Å². The van der Waals surface area contributed by atoms with Crippen molar-refractivity contribution in [2.75, 3.05) is 13.7 Å². The first kappa shape index (κ1) is 23.4. The zero-order valence-corrected chi connectivity index (χ0v) is 16.3. The second kappa shape index (κ2) is 12.7. The number of nitrogens with one attached hydrogen (secondary N) is 2. The number of esters is 1. The van der Waals surface area contributed by atoms with E-state index < -0.39 is 36.2 Å². The number of benzene rings is 1. The zero-order chi connectivity index (χ0) is 20.9. The third kappa shape index (κ3) is 8.83. The van der Waals surface area contributed by atoms with Crippen LogP contribution in [0.1, 0.15) is 31.7 Å². The van der Waals surface area contributed by atoms with Gasteiger partial charge in [0.1, 0.15) is 6.61 Å². The molecule has 0 bridgehead atoms. The Balaban J connectivity index is 2.19. The summed E-state index contributed by atoms with van der Waals surface area (Å²) in [5.41, 5.74) is 4.68. The third-order valence-electron chi connectivity index (χ3n) is 4.07. The topological polar surface area (TPSA) is 142 Å². The normalized spacial score (nSPS) is 13.7. The van der Waals surface area contributed by atoms with Crippen LogP contribution in [-0.4, -0.2) is 54.9 Å². The molecule has 0 aliphatic carbocycles. The number of amides is 2. The molecule has 0 spiro atoms. The Morgan fingerprint density at radius 3 is 2.46 bits per heavy atom. The lowest BCUT2D eigenvalue weighted by Crippen LogP contribution is -2.69. The van der Waals surface area contributed by atoms with Crippen molar-refractivity contribution < 1.29 is 34.7 Å². The minimum Gasteiger partial charge on any atom is -0.467 e. The number of rotatable bonds is 11. The molecular formula is C19H30N3O6+. The van der Waals surface area contributed by atoms with Gasteiger partial charge in [0.25, 0.3) is 5.91 Å². The van der Waals surface area contributed by atoms with Crippen LogP contribution in [0.5, 0.6) is 0 Å². The number of alkyl carbamates (subject to hydrolysis) is 1. The molecular weight excluding hydrogens is 366 g/mol. The summed E-state index contributed by atoms with van der Waals surface area (Å²) in [6.07, 6.45) is 0.204. The Hall–Kier alpha value is -2.65. The van der Waals surface area contributed by atoms with Crippen LogP contribution in [0.4, 0.5) is 4.79 Å². The summed E-state index contributed by atoms with van der Waals surface area (Å²) >= 11 is 0. The number of carbonyl (C=O) groups excluding carboxylic acids is 3. The largest absolute Gasteiger partial charge is 0.467 e. The molecule has 9 nitrogen and oxygen atoms in total. The molecule has 0 unspecified atom stereocenters. The Labute approximate surface area is 164 Å². The Bertz CT molecular complexity index is 623. The molecule has 6 N–H and O–H groups in total. The van der Waals surface area contributed by atoms with Gasteiger partial charge in [-0.3, -0.25) is 4.79 Å². The maximum absolute atomic E-state index is 12.1. The van der Waals surface area contributed by atoms with Gasteiger partial charge < -0.3 is 30.9 Å². The molecule has 2 amide bonds. The lowest BCUT2D eigenvalue weighted by atomic mass is 10.1.